The number of ether oxygens (including phenoxy) is 1. The van der Waals surface area contributed by atoms with Crippen LogP contribution in [0.2, 0.25) is 0 Å². The van der Waals surface area contributed by atoms with E-state index in [1.54, 1.807) is 6.33 Å². The highest BCUT2D eigenvalue weighted by atomic mass is 16.5. The number of anilines is 1. The lowest BCUT2D eigenvalue weighted by Gasteiger charge is -2.48. The van der Waals surface area contributed by atoms with E-state index >= 15 is 0 Å². The van der Waals surface area contributed by atoms with Crippen LogP contribution in [-0.4, -0.2) is 43.6 Å². The molecule has 0 amide bonds. The van der Waals surface area contributed by atoms with E-state index in [9.17, 15) is 9.90 Å². The van der Waals surface area contributed by atoms with E-state index in [1.165, 1.54) is 23.9 Å². The van der Waals surface area contributed by atoms with Crippen molar-refractivity contribution in [3.8, 4) is 5.75 Å². The Bertz CT molecular complexity index is 1270. The number of ketones is 1. The monoisotopic (exact) mass is 475 g/mol. The Morgan fingerprint density at radius 2 is 2.11 bits per heavy atom. The number of hydrogen-bond donors (Lipinski definition) is 2. The average Bonchev–Trinajstić information content (AvgIpc) is 3.43. The molecule has 0 unspecified atom stereocenters. The van der Waals surface area contributed by atoms with Gasteiger partial charge >= 0.3 is 0 Å². The van der Waals surface area contributed by atoms with Gasteiger partial charge in [0.15, 0.2) is 11.5 Å². The quantitative estimate of drug-likeness (QED) is 0.556. The van der Waals surface area contributed by atoms with Crippen molar-refractivity contribution in [2.75, 3.05) is 18.9 Å². The van der Waals surface area contributed by atoms with Gasteiger partial charge in [-0.25, -0.2) is 15.0 Å². The number of aliphatic hydroxyl groups excluding tert-OH is 1. The number of benzene rings is 1. The average molecular weight is 476 g/mol. The molecule has 2 saturated carbocycles. The van der Waals surface area contributed by atoms with Gasteiger partial charge in [-0.05, 0) is 73.1 Å². The summed E-state index contributed by atoms with van der Waals surface area (Å²) in [7, 11) is 0. The van der Waals surface area contributed by atoms with Crippen LogP contribution in [-0.2, 0) is 11.2 Å². The van der Waals surface area contributed by atoms with Gasteiger partial charge in [0, 0.05) is 18.3 Å². The van der Waals surface area contributed by atoms with E-state index in [2.05, 4.69) is 40.1 Å². The lowest BCUT2D eigenvalue weighted by molar-refractivity contribution is -0.129. The van der Waals surface area contributed by atoms with Crippen molar-refractivity contribution in [1.82, 2.24) is 19.5 Å². The van der Waals surface area contributed by atoms with Gasteiger partial charge in [-0.3, -0.25) is 4.79 Å². The number of fused-ring (bicyclic) bond motifs is 6. The summed E-state index contributed by atoms with van der Waals surface area (Å²) in [6.45, 7) is 2.65. The van der Waals surface area contributed by atoms with Crippen molar-refractivity contribution >= 4 is 22.8 Å². The zero-order chi connectivity index (χ0) is 24.2. The van der Waals surface area contributed by atoms with E-state index in [-0.39, 0.29) is 18.1 Å². The van der Waals surface area contributed by atoms with Crippen molar-refractivity contribution in [1.29, 1.82) is 0 Å². The predicted molar refractivity (Wildman–Crippen MR) is 132 cm³/mol. The molecule has 0 spiro atoms. The number of Topliss-reactive ketones (excluding diaryl/α,β-unsaturated/α-hetero) is 1. The maximum Gasteiger partial charge on any atom is 0.165 e. The molecule has 3 aliphatic rings. The Kier molecular flexibility index (Phi) is 5.51. The molecular weight excluding hydrogens is 442 g/mol. The van der Waals surface area contributed by atoms with Gasteiger partial charge in [-0.15, -0.1) is 0 Å². The molecule has 0 radical (unpaired) electrons. The van der Waals surface area contributed by atoms with Gasteiger partial charge in [0.25, 0.3) is 0 Å². The maximum atomic E-state index is 12.6. The number of nitrogens with two attached hydrogens (primary N) is 1. The number of hydrogen-bond acceptors (Lipinski definition) is 7. The Balaban J connectivity index is 1.13. The minimum atomic E-state index is -0.210. The lowest BCUT2D eigenvalue weighted by atomic mass is 9.55. The topological polar surface area (TPSA) is 116 Å². The SMILES string of the molecule is C[C@]12CC[C@@H]3c4ccc(OCC[C@@H](CO)n5cnc6c(N)ncnc65)cc4CC[C@H]3[C@@H]1CCC2=O. The summed E-state index contributed by atoms with van der Waals surface area (Å²) in [4.78, 5) is 25.1. The van der Waals surface area contributed by atoms with Crippen molar-refractivity contribution in [3.63, 3.8) is 0 Å². The molecule has 6 rings (SSSR count). The molecule has 184 valence electrons. The molecule has 3 aromatic rings. The van der Waals surface area contributed by atoms with Crippen LogP contribution in [0.25, 0.3) is 11.2 Å². The van der Waals surface area contributed by atoms with Gasteiger partial charge in [0.1, 0.15) is 23.4 Å². The lowest BCUT2D eigenvalue weighted by Crippen LogP contribution is -2.42. The summed E-state index contributed by atoms with van der Waals surface area (Å²) in [6.07, 6.45) is 9.88. The number of aromatic nitrogens is 4. The second-order valence-corrected chi connectivity index (χ2v) is 10.8. The van der Waals surface area contributed by atoms with E-state index in [0.29, 0.717) is 53.5 Å². The normalized spacial score (nSPS) is 28.4. The van der Waals surface area contributed by atoms with E-state index in [4.69, 9.17) is 10.5 Å². The van der Waals surface area contributed by atoms with Gasteiger partial charge < -0.3 is 20.1 Å². The maximum absolute atomic E-state index is 12.6. The Labute approximate surface area is 204 Å². The molecule has 0 saturated heterocycles. The highest BCUT2D eigenvalue weighted by molar-refractivity contribution is 5.87. The largest absolute Gasteiger partial charge is 0.494 e. The van der Waals surface area contributed by atoms with E-state index in [1.807, 2.05) is 4.57 Å². The zero-order valence-electron chi connectivity index (χ0n) is 20.2. The molecule has 3 aliphatic carbocycles. The summed E-state index contributed by atoms with van der Waals surface area (Å²) >= 11 is 0. The summed E-state index contributed by atoms with van der Waals surface area (Å²) in [5, 5.41) is 9.99. The van der Waals surface area contributed by atoms with Crippen molar-refractivity contribution < 1.29 is 14.6 Å². The standard InChI is InChI=1S/C27H33N5O3/c1-27-10-8-20-19-5-3-18(12-16(19)2-4-21(20)22(27)6-7-23(27)34)35-11-9-17(13-33)32-15-31-24-25(28)29-14-30-26(24)32/h3,5,12,14-15,17,20-22,33H,2,4,6-11,13H2,1H3,(H2,28,29,30)/t17-,20+,21+,22-,27-/m0/s1. The van der Waals surface area contributed by atoms with Crippen LogP contribution in [0, 0.1) is 17.3 Å². The van der Waals surface area contributed by atoms with Crippen molar-refractivity contribution in [2.45, 2.75) is 63.8 Å². The number of aryl methyl sites for hydroxylation is 1. The smallest absolute Gasteiger partial charge is 0.165 e. The van der Waals surface area contributed by atoms with Crippen molar-refractivity contribution in [3.05, 3.63) is 42.0 Å². The fourth-order valence-corrected chi connectivity index (χ4v) is 7.19. The molecule has 5 atom stereocenters. The van der Waals surface area contributed by atoms with Crippen LogP contribution in [0.4, 0.5) is 5.82 Å². The van der Waals surface area contributed by atoms with Crippen LogP contribution in [0.5, 0.6) is 5.75 Å². The summed E-state index contributed by atoms with van der Waals surface area (Å²) in [6, 6.07) is 6.34. The Morgan fingerprint density at radius 3 is 2.97 bits per heavy atom. The first-order valence-electron chi connectivity index (χ1n) is 12.8. The molecular formula is C27H33N5O3. The van der Waals surface area contributed by atoms with Crippen LogP contribution < -0.4 is 10.5 Å². The number of nitrogen functional groups attached to an aromatic ring is 1. The van der Waals surface area contributed by atoms with Crippen LogP contribution in [0.15, 0.2) is 30.9 Å². The third-order valence-corrected chi connectivity index (χ3v) is 9.12. The first-order valence-corrected chi connectivity index (χ1v) is 12.8. The molecule has 0 bridgehead atoms. The van der Waals surface area contributed by atoms with Gasteiger partial charge in [0.05, 0.1) is 25.6 Å². The molecule has 2 heterocycles. The number of nitrogens with zero attached hydrogens (tertiary/aromatic N) is 4. The van der Waals surface area contributed by atoms with E-state index < -0.39 is 0 Å². The second-order valence-electron chi connectivity index (χ2n) is 10.8. The van der Waals surface area contributed by atoms with Crippen LogP contribution in [0.3, 0.4) is 0 Å². The number of carbonyl (C=O) groups is 1. The van der Waals surface area contributed by atoms with Crippen LogP contribution >= 0.6 is 0 Å². The minimum Gasteiger partial charge on any atom is -0.494 e. The molecule has 2 fully saturated rings. The van der Waals surface area contributed by atoms with Crippen molar-refractivity contribution in [2.24, 2.45) is 17.3 Å². The van der Waals surface area contributed by atoms with Crippen LogP contribution in [0.1, 0.15) is 68.5 Å². The van der Waals surface area contributed by atoms with Gasteiger partial charge in [-0.2, -0.15) is 0 Å². The fraction of sp³-hybridized carbons (Fsp3) is 0.556. The minimum absolute atomic E-state index is 0.0471. The number of carbonyl (C=O) groups excluding carboxylic acids is 1. The van der Waals surface area contributed by atoms with Gasteiger partial charge in [-0.1, -0.05) is 13.0 Å². The molecule has 8 heteroatoms. The highest BCUT2D eigenvalue weighted by Gasteiger charge is 2.54. The Hall–Kier alpha value is -3.00. The third kappa shape index (κ3) is 3.61. The zero-order valence-corrected chi connectivity index (χ0v) is 20.2. The summed E-state index contributed by atoms with van der Waals surface area (Å²) < 4.78 is 7.97. The molecule has 35 heavy (non-hydrogen) atoms. The first-order chi connectivity index (χ1) is 17.0. The fourth-order valence-electron chi connectivity index (χ4n) is 7.19. The predicted octanol–water partition coefficient (Wildman–Crippen LogP) is 3.84. The van der Waals surface area contributed by atoms with E-state index in [0.717, 1.165) is 37.9 Å². The number of aliphatic hydroxyl groups is 1. The highest BCUT2D eigenvalue weighted by Crippen LogP contribution is 2.59. The molecule has 1 aromatic carbocycles. The molecule has 0 aliphatic heterocycles. The molecule has 3 N–H and O–H groups in total. The second kappa shape index (κ2) is 8.59. The summed E-state index contributed by atoms with van der Waals surface area (Å²) in [5.74, 6) is 3.45. The molecule has 2 aromatic heterocycles. The van der Waals surface area contributed by atoms with Gasteiger partial charge in [0.2, 0.25) is 0 Å². The third-order valence-electron chi connectivity index (χ3n) is 9.12. The molecule has 8 nitrogen and oxygen atoms in total. The summed E-state index contributed by atoms with van der Waals surface area (Å²) in [5.41, 5.74) is 9.83. The number of imidazole rings is 1. The Morgan fingerprint density at radius 1 is 1.23 bits per heavy atom. The first kappa shape index (κ1) is 22.5. The number of rotatable bonds is 6.